The van der Waals surface area contributed by atoms with Crippen molar-refractivity contribution in [1.29, 1.82) is 0 Å². The molecule has 1 aliphatic carbocycles. The van der Waals surface area contributed by atoms with Crippen LogP contribution in [-0.4, -0.2) is 23.0 Å². The molecule has 0 radical (unpaired) electrons. The average Bonchev–Trinajstić information content (AvgIpc) is 3.57. The van der Waals surface area contributed by atoms with Gasteiger partial charge in [-0.3, -0.25) is 4.79 Å². The van der Waals surface area contributed by atoms with Crippen LogP contribution in [0, 0.1) is 5.82 Å². The van der Waals surface area contributed by atoms with Gasteiger partial charge in [0.2, 0.25) is 5.88 Å². The van der Waals surface area contributed by atoms with Crippen molar-refractivity contribution in [2.75, 3.05) is 5.32 Å². The van der Waals surface area contributed by atoms with E-state index in [9.17, 15) is 14.0 Å². The Kier molecular flexibility index (Phi) is 6.07. The van der Waals surface area contributed by atoms with E-state index in [1.807, 2.05) is 0 Å². The molecule has 1 heterocycles. The number of urea groups is 1. The topological polar surface area (TPSA) is 92.4 Å². The van der Waals surface area contributed by atoms with E-state index in [2.05, 4.69) is 20.9 Å². The molecular weight excluding hydrogens is 399 g/mol. The SMILES string of the molecule is O=C(Nc1cccc(C(=O)NCc2cccnc2Oc2cccc(F)c2)c1)NC1CC1. The number of hydrogen-bond acceptors (Lipinski definition) is 4. The Morgan fingerprint density at radius 1 is 1.06 bits per heavy atom. The van der Waals surface area contributed by atoms with E-state index in [-0.39, 0.29) is 30.4 Å². The molecule has 1 fully saturated rings. The van der Waals surface area contributed by atoms with Crippen molar-refractivity contribution in [3.63, 3.8) is 0 Å². The Labute approximate surface area is 178 Å². The third-order valence-corrected chi connectivity index (χ3v) is 4.60. The van der Waals surface area contributed by atoms with Crippen molar-refractivity contribution in [3.8, 4) is 11.6 Å². The molecule has 3 amide bonds. The zero-order chi connectivity index (χ0) is 21.6. The minimum atomic E-state index is -0.414. The average molecular weight is 420 g/mol. The molecule has 0 saturated heterocycles. The smallest absolute Gasteiger partial charge is 0.319 e. The monoisotopic (exact) mass is 420 g/mol. The first-order valence-corrected chi connectivity index (χ1v) is 9.90. The lowest BCUT2D eigenvalue weighted by molar-refractivity contribution is 0.0950. The summed E-state index contributed by atoms with van der Waals surface area (Å²) in [5, 5.41) is 8.38. The van der Waals surface area contributed by atoms with Crippen LogP contribution in [0.15, 0.2) is 66.9 Å². The van der Waals surface area contributed by atoms with E-state index in [4.69, 9.17) is 4.74 Å². The van der Waals surface area contributed by atoms with E-state index < -0.39 is 5.82 Å². The number of carbonyl (C=O) groups is 2. The molecule has 4 rings (SSSR count). The fraction of sp³-hybridized carbons (Fsp3) is 0.174. The van der Waals surface area contributed by atoms with Gasteiger partial charge in [0.25, 0.3) is 5.91 Å². The highest BCUT2D eigenvalue weighted by molar-refractivity contribution is 5.96. The summed E-state index contributed by atoms with van der Waals surface area (Å²) in [6.07, 6.45) is 3.55. The summed E-state index contributed by atoms with van der Waals surface area (Å²) in [6, 6.07) is 15.9. The molecule has 8 heteroatoms. The minimum absolute atomic E-state index is 0.164. The quantitative estimate of drug-likeness (QED) is 0.533. The van der Waals surface area contributed by atoms with Gasteiger partial charge in [-0.15, -0.1) is 0 Å². The first kappa shape index (κ1) is 20.3. The highest BCUT2D eigenvalue weighted by Gasteiger charge is 2.23. The van der Waals surface area contributed by atoms with E-state index in [0.717, 1.165) is 12.8 Å². The maximum absolute atomic E-state index is 13.4. The summed E-state index contributed by atoms with van der Waals surface area (Å²) >= 11 is 0. The largest absolute Gasteiger partial charge is 0.439 e. The molecule has 0 bridgehead atoms. The van der Waals surface area contributed by atoms with Crippen LogP contribution in [0.3, 0.4) is 0 Å². The van der Waals surface area contributed by atoms with E-state index in [1.54, 1.807) is 54.7 Å². The van der Waals surface area contributed by atoms with E-state index >= 15 is 0 Å². The fourth-order valence-electron chi connectivity index (χ4n) is 2.89. The van der Waals surface area contributed by atoms with Crippen LogP contribution < -0.4 is 20.7 Å². The molecule has 2 aromatic carbocycles. The molecule has 1 aliphatic rings. The lowest BCUT2D eigenvalue weighted by Gasteiger charge is -2.12. The van der Waals surface area contributed by atoms with Crippen LogP contribution in [0.5, 0.6) is 11.6 Å². The highest BCUT2D eigenvalue weighted by Crippen LogP contribution is 2.23. The number of nitrogens with zero attached hydrogens (tertiary/aromatic N) is 1. The molecule has 3 aromatic rings. The van der Waals surface area contributed by atoms with Gasteiger partial charge in [-0.25, -0.2) is 14.2 Å². The van der Waals surface area contributed by atoms with Gasteiger partial charge < -0.3 is 20.7 Å². The van der Waals surface area contributed by atoms with Crippen LogP contribution in [0.25, 0.3) is 0 Å². The molecule has 0 atom stereocenters. The van der Waals surface area contributed by atoms with Gasteiger partial charge >= 0.3 is 6.03 Å². The second-order valence-corrected chi connectivity index (χ2v) is 7.16. The van der Waals surface area contributed by atoms with Crippen LogP contribution >= 0.6 is 0 Å². The molecule has 0 aliphatic heterocycles. The third kappa shape index (κ3) is 5.79. The van der Waals surface area contributed by atoms with Gasteiger partial charge in [-0.1, -0.05) is 18.2 Å². The second-order valence-electron chi connectivity index (χ2n) is 7.16. The first-order chi connectivity index (χ1) is 15.1. The molecule has 1 aromatic heterocycles. The normalized spacial score (nSPS) is 12.7. The van der Waals surface area contributed by atoms with Crippen molar-refractivity contribution in [2.45, 2.75) is 25.4 Å². The summed E-state index contributed by atoms with van der Waals surface area (Å²) in [5.74, 6) is -0.135. The first-order valence-electron chi connectivity index (χ1n) is 9.90. The van der Waals surface area contributed by atoms with Gasteiger partial charge in [-0.2, -0.15) is 0 Å². The molecule has 1 saturated carbocycles. The fourth-order valence-corrected chi connectivity index (χ4v) is 2.89. The number of hydrogen-bond donors (Lipinski definition) is 3. The van der Waals surface area contributed by atoms with Crippen molar-refractivity contribution >= 4 is 17.6 Å². The van der Waals surface area contributed by atoms with Gasteiger partial charge in [0.15, 0.2) is 0 Å². The van der Waals surface area contributed by atoms with E-state index in [1.165, 1.54) is 12.1 Å². The second kappa shape index (κ2) is 9.25. The number of pyridine rings is 1. The van der Waals surface area contributed by atoms with Crippen molar-refractivity contribution < 1.29 is 18.7 Å². The number of nitrogens with one attached hydrogen (secondary N) is 3. The molecule has 158 valence electrons. The zero-order valence-corrected chi connectivity index (χ0v) is 16.6. The van der Waals surface area contributed by atoms with Crippen molar-refractivity contribution in [1.82, 2.24) is 15.6 Å². The Morgan fingerprint density at radius 3 is 2.71 bits per heavy atom. The lowest BCUT2D eigenvalue weighted by atomic mass is 10.2. The number of carbonyl (C=O) groups excluding carboxylic acids is 2. The Hall–Kier alpha value is -3.94. The summed E-state index contributed by atoms with van der Waals surface area (Å²) in [4.78, 5) is 28.7. The minimum Gasteiger partial charge on any atom is -0.439 e. The zero-order valence-electron chi connectivity index (χ0n) is 16.6. The Morgan fingerprint density at radius 2 is 1.90 bits per heavy atom. The molecule has 31 heavy (non-hydrogen) atoms. The van der Waals surface area contributed by atoms with Gasteiger partial charge in [-0.05, 0) is 49.2 Å². The van der Waals surface area contributed by atoms with Crippen LogP contribution in [0.1, 0.15) is 28.8 Å². The summed E-state index contributed by atoms with van der Waals surface area (Å²) < 4.78 is 19.1. The number of halogens is 1. The predicted octanol–water partition coefficient (Wildman–Crippen LogP) is 4.23. The van der Waals surface area contributed by atoms with Gasteiger partial charge in [0.05, 0.1) is 0 Å². The molecule has 3 N–H and O–H groups in total. The Balaban J connectivity index is 1.38. The van der Waals surface area contributed by atoms with Crippen LogP contribution in [-0.2, 0) is 6.54 Å². The summed E-state index contributed by atoms with van der Waals surface area (Å²) in [5.41, 5.74) is 1.57. The van der Waals surface area contributed by atoms with Gasteiger partial charge in [0.1, 0.15) is 11.6 Å². The number of amides is 3. The summed E-state index contributed by atoms with van der Waals surface area (Å²) in [7, 11) is 0. The van der Waals surface area contributed by atoms with Crippen molar-refractivity contribution in [2.24, 2.45) is 0 Å². The standard InChI is InChI=1S/C23H21FN4O3/c24-17-6-2-8-20(13-17)31-22-16(5-3-11-25-22)14-26-21(29)15-4-1-7-19(12-15)28-23(30)27-18-9-10-18/h1-8,11-13,18H,9-10,14H2,(H,26,29)(H2,27,28,30). The lowest BCUT2D eigenvalue weighted by Crippen LogP contribution is -2.30. The number of anilines is 1. The molecule has 0 spiro atoms. The Bertz CT molecular complexity index is 1100. The number of rotatable bonds is 7. The number of benzene rings is 2. The van der Waals surface area contributed by atoms with Crippen LogP contribution in [0.4, 0.5) is 14.9 Å². The molecule has 0 unspecified atom stereocenters. The molecule has 7 nitrogen and oxygen atoms in total. The predicted molar refractivity (Wildman–Crippen MR) is 113 cm³/mol. The van der Waals surface area contributed by atoms with Crippen LogP contribution in [0.2, 0.25) is 0 Å². The summed E-state index contributed by atoms with van der Waals surface area (Å²) in [6.45, 7) is 0.164. The maximum Gasteiger partial charge on any atom is 0.319 e. The highest BCUT2D eigenvalue weighted by atomic mass is 19.1. The number of aromatic nitrogens is 1. The molecular formula is C23H21FN4O3. The maximum atomic E-state index is 13.4. The third-order valence-electron chi connectivity index (χ3n) is 4.60. The van der Waals surface area contributed by atoms with Gasteiger partial charge in [0, 0.05) is 41.7 Å². The van der Waals surface area contributed by atoms with Crippen molar-refractivity contribution in [3.05, 3.63) is 83.8 Å². The number of ether oxygens (including phenoxy) is 1. The van der Waals surface area contributed by atoms with E-state index in [0.29, 0.717) is 22.6 Å².